The second-order valence-corrected chi connectivity index (χ2v) is 7.38. The number of carboxylic acids is 1. The van der Waals surface area contributed by atoms with Gasteiger partial charge in [0.05, 0.1) is 24.8 Å². The van der Waals surface area contributed by atoms with Gasteiger partial charge in [0.2, 0.25) is 0 Å². The smallest absolute Gasteiger partial charge is 0.305 e. The zero-order chi connectivity index (χ0) is 19.0. The molecule has 2 aromatic heterocycles. The summed E-state index contributed by atoms with van der Waals surface area (Å²) in [4.78, 5) is 16.4. The molecule has 142 valence electrons. The monoisotopic (exact) mass is 367 g/mol. The van der Waals surface area contributed by atoms with Crippen molar-refractivity contribution in [1.29, 1.82) is 0 Å². The summed E-state index contributed by atoms with van der Waals surface area (Å²) >= 11 is 0. The highest BCUT2D eigenvalue weighted by Gasteiger charge is 2.31. The molecule has 0 bridgehead atoms. The van der Waals surface area contributed by atoms with Crippen molar-refractivity contribution in [1.82, 2.24) is 14.8 Å². The minimum absolute atomic E-state index is 0.0591. The Morgan fingerprint density at radius 3 is 3.00 bits per heavy atom. The van der Waals surface area contributed by atoms with Crippen LogP contribution in [0.3, 0.4) is 0 Å². The highest BCUT2D eigenvalue weighted by atomic mass is 16.4. The van der Waals surface area contributed by atoms with Crippen LogP contribution >= 0.6 is 0 Å². The molecule has 1 atom stereocenters. The maximum absolute atomic E-state index is 10.7. The van der Waals surface area contributed by atoms with E-state index < -0.39 is 5.97 Å². The second kappa shape index (κ2) is 6.98. The van der Waals surface area contributed by atoms with Gasteiger partial charge in [-0.15, -0.1) is 0 Å². The van der Waals surface area contributed by atoms with Crippen molar-refractivity contribution in [3.05, 3.63) is 36.8 Å². The van der Waals surface area contributed by atoms with Gasteiger partial charge in [0.15, 0.2) is 0 Å². The van der Waals surface area contributed by atoms with E-state index in [0.717, 1.165) is 22.8 Å². The third-order valence-electron chi connectivity index (χ3n) is 5.42. The van der Waals surface area contributed by atoms with Crippen molar-refractivity contribution in [3.63, 3.8) is 0 Å². The fourth-order valence-electron chi connectivity index (χ4n) is 3.55. The fraction of sp³-hybridized carbons (Fsp3) is 0.400. The molecule has 0 saturated heterocycles. The van der Waals surface area contributed by atoms with Crippen LogP contribution < -0.4 is 10.2 Å². The molecule has 0 aliphatic heterocycles. The fourth-order valence-corrected chi connectivity index (χ4v) is 3.55. The number of carboxylic acid groups (broad SMARTS) is 1. The molecule has 7 nitrogen and oxygen atoms in total. The Kier molecular flexibility index (Phi) is 4.51. The maximum Gasteiger partial charge on any atom is 0.305 e. The van der Waals surface area contributed by atoms with Gasteiger partial charge in [-0.2, -0.15) is 5.10 Å². The molecule has 0 amide bonds. The first-order valence-corrected chi connectivity index (χ1v) is 9.36. The van der Waals surface area contributed by atoms with Crippen molar-refractivity contribution in [2.75, 3.05) is 17.3 Å². The highest BCUT2D eigenvalue weighted by Crippen LogP contribution is 2.39. The molecule has 1 aliphatic carbocycles. The van der Waals surface area contributed by atoms with Gasteiger partial charge >= 0.3 is 5.97 Å². The summed E-state index contributed by atoms with van der Waals surface area (Å²) < 4.78 is 1.64. The summed E-state index contributed by atoms with van der Waals surface area (Å²) in [7, 11) is 2.17. The topological polar surface area (TPSA) is 86.2 Å². The molecule has 0 radical (unpaired) electrons. The molecule has 1 aliphatic rings. The van der Waals surface area contributed by atoms with Crippen molar-refractivity contribution in [3.8, 4) is 0 Å². The average Bonchev–Trinajstić information content (AvgIpc) is 3.22. The quantitative estimate of drug-likeness (QED) is 0.563. The number of benzene rings is 1. The standard InChI is InChI=1S/C20H25N5O2/c1-13(14-3-4-14)24(2)19-10-15(9-18-17(19)5-7-21-18)23-16-11-22-25(12-16)8-6-20(26)27/h5,7,9-14,21,23H,3-4,6,8H2,1-2H3,(H,26,27). The molecule has 0 spiro atoms. The van der Waals surface area contributed by atoms with Crippen LogP contribution in [-0.2, 0) is 11.3 Å². The summed E-state index contributed by atoms with van der Waals surface area (Å²) in [6, 6.07) is 6.89. The first-order chi connectivity index (χ1) is 13.0. The van der Waals surface area contributed by atoms with E-state index in [1.807, 2.05) is 12.4 Å². The third kappa shape index (κ3) is 3.77. The number of fused-ring (bicyclic) bond motifs is 1. The van der Waals surface area contributed by atoms with E-state index in [4.69, 9.17) is 5.11 Å². The summed E-state index contributed by atoms with van der Waals surface area (Å²) in [5, 5.41) is 17.6. The second-order valence-electron chi connectivity index (χ2n) is 7.38. The maximum atomic E-state index is 10.7. The number of H-pyrrole nitrogens is 1. The Balaban J connectivity index is 1.58. The summed E-state index contributed by atoms with van der Waals surface area (Å²) in [5.74, 6) is -0.0391. The SMILES string of the molecule is CC(C1CC1)N(C)c1cc(Nc2cnn(CCC(=O)O)c2)cc2[nH]ccc12. The molecule has 7 heteroatoms. The van der Waals surface area contributed by atoms with Gasteiger partial charge < -0.3 is 20.3 Å². The lowest BCUT2D eigenvalue weighted by Crippen LogP contribution is -2.30. The largest absolute Gasteiger partial charge is 0.481 e. The van der Waals surface area contributed by atoms with Crippen LogP contribution in [0.15, 0.2) is 36.8 Å². The van der Waals surface area contributed by atoms with Gasteiger partial charge in [0.1, 0.15) is 0 Å². The molecular weight excluding hydrogens is 342 g/mol. The number of carbonyl (C=O) groups is 1. The Morgan fingerprint density at radius 2 is 2.26 bits per heavy atom. The average molecular weight is 367 g/mol. The number of hydrogen-bond donors (Lipinski definition) is 3. The van der Waals surface area contributed by atoms with Gasteiger partial charge in [-0.1, -0.05) is 0 Å². The molecule has 27 heavy (non-hydrogen) atoms. The van der Waals surface area contributed by atoms with Crippen molar-refractivity contribution < 1.29 is 9.90 Å². The number of anilines is 3. The number of nitrogens with one attached hydrogen (secondary N) is 2. The predicted molar refractivity (Wildman–Crippen MR) is 107 cm³/mol. The molecule has 1 aromatic carbocycles. The summed E-state index contributed by atoms with van der Waals surface area (Å²) in [6.45, 7) is 2.66. The molecular formula is C20H25N5O2. The van der Waals surface area contributed by atoms with Crippen LogP contribution in [0, 0.1) is 5.92 Å². The Hall–Kier alpha value is -2.96. The molecule has 3 N–H and O–H groups in total. The lowest BCUT2D eigenvalue weighted by atomic mass is 10.1. The minimum atomic E-state index is -0.824. The first-order valence-electron chi connectivity index (χ1n) is 9.36. The normalized spacial score (nSPS) is 15.0. The van der Waals surface area contributed by atoms with E-state index in [9.17, 15) is 4.79 Å². The van der Waals surface area contributed by atoms with E-state index in [1.165, 1.54) is 23.9 Å². The van der Waals surface area contributed by atoms with Crippen molar-refractivity contribution >= 4 is 33.9 Å². The van der Waals surface area contributed by atoms with Gasteiger partial charge in [-0.25, -0.2) is 0 Å². The molecule has 1 unspecified atom stereocenters. The van der Waals surface area contributed by atoms with Crippen LogP contribution in [0.5, 0.6) is 0 Å². The van der Waals surface area contributed by atoms with Crippen molar-refractivity contribution in [2.45, 2.75) is 38.8 Å². The molecule has 1 fully saturated rings. The summed E-state index contributed by atoms with van der Waals surface area (Å²) in [6.07, 6.45) is 8.21. The van der Waals surface area contributed by atoms with Crippen LogP contribution in [0.25, 0.3) is 10.9 Å². The number of hydrogen-bond acceptors (Lipinski definition) is 4. The van der Waals surface area contributed by atoms with Crippen molar-refractivity contribution in [2.24, 2.45) is 5.92 Å². The van der Waals surface area contributed by atoms with E-state index in [2.05, 4.69) is 52.5 Å². The first kappa shape index (κ1) is 17.5. The van der Waals surface area contributed by atoms with Gasteiger partial charge in [-0.3, -0.25) is 9.48 Å². The number of aliphatic carboxylic acids is 1. The van der Waals surface area contributed by atoms with Crippen LogP contribution in [0.1, 0.15) is 26.2 Å². The summed E-state index contributed by atoms with van der Waals surface area (Å²) in [5.41, 5.74) is 4.11. The zero-order valence-corrected chi connectivity index (χ0v) is 15.6. The lowest BCUT2D eigenvalue weighted by Gasteiger charge is -2.28. The Labute approximate surface area is 158 Å². The Bertz CT molecular complexity index is 956. The number of aryl methyl sites for hydroxylation is 1. The lowest BCUT2D eigenvalue weighted by molar-refractivity contribution is -0.137. The van der Waals surface area contributed by atoms with E-state index in [1.54, 1.807) is 10.9 Å². The van der Waals surface area contributed by atoms with E-state index in [0.29, 0.717) is 12.6 Å². The number of nitrogens with zero attached hydrogens (tertiary/aromatic N) is 3. The van der Waals surface area contributed by atoms with Gasteiger partial charge in [0, 0.05) is 47.8 Å². The molecule has 1 saturated carbocycles. The molecule has 2 heterocycles. The van der Waals surface area contributed by atoms with E-state index >= 15 is 0 Å². The molecule has 4 rings (SSSR count). The van der Waals surface area contributed by atoms with Gasteiger partial charge in [-0.05, 0) is 43.9 Å². The number of rotatable bonds is 8. The van der Waals surface area contributed by atoms with Crippen LogP contribution in [0.4, 0.5) is 17.1 Å². The predicted octanol–water partition coefficient (Wildman–Crippen LogP) is 3.82. The zero-order valence-electron chi connectivity index (χ0n) is 15.6. The highest BCUT2D eigenvalue weighted by molar-refractivity contribution is 5.96. The Morgan fingerprint density at radius 1 is 1.44 bits per heavy atom. The minimum Gasteiger partial charge on any atom is -0.481 e. The number of aromatic amines is 1. The number of aromatic nitrogens is 3. The van der Waals surface area contributed by atoms with Gasteiger partial charge in [0.25, 0.3) is 0 Å². The van der Waals surface area contributed by atoms with Crippen LogP contribution in [0.2, 0.25) is 0 Å². The van der Waals surface area contributed by atoms with E-state index in [-0.39, 0.29) is 6.42 Å². The third-order valence-corrected chi connectivity index (χ3v) is 5.42. The molecule has 3 aromatic rings. The van der Waals surface area contributed by atoms with Crippen LogP contribution in [-0.4, -0.2) is 38.9 Å².